The molecular formula is C20H27FIN5O. The van der Waals surface area contributed by atoms with Crippen molar-refractivity contribution in [1.82, 2.24) is 15.2 Å². The van der Waals surface area contributed by atoms with E-state index in [2.05, 4.69) is 25.1 Å². The quantitative estimate of drug-likeness (QED) is 0.390. The van der Waals surface area contributed by atoms with Crippen molar-refractivity contribution in [2.24, 2.45) is 4.99 Å². The molecule has 1 aliphatic heterocycles. The lowest BCUT2D eigenvalue weighted by Gasteiger charge is -2.37. The van der Waals surface area contributed by atoms with Gasteiger partial charge in [0.15, 0.2) is 5.96 Å². The van der Waals surface area contributed by atoms with Crippen LogP contribution in [-0.4, -0.2) is 55.7 Å². The second-order valence-corrected chi connectivity index (χ2v) is 6.23. The van der Waals surface area contributed by atoms with Crippen LogP contribution >= 0.6 is 24.0 Å². The Bertz CT molecular complexity index is 781. The van der Waals surface area contributed by atoms with E-state index >= 15 is 0 Å². The van der Waals surface area contributed by atoms with E-state index in [1.807, 2.05) is 31.2 Å². The Hall–Kier alpha value is -2.10. The molecule has 3 rings (SSSR count). The molecule has 1 aromatic carbocycles. The molecule has 1 aromatic heterocycles. The maximum Gasteiger partial charge on any atom is 0.218 e. The van der Waals surface area contributed by atoms with E-state index in [1.54, 1.807) is 19.3 Å². The number of halogens is 2. The summed E-state index contributed by atoms with van der Waals surface area (Å²) in [6.07, 6.45) is 1.73. The third kappa shape index (κ3) is 5.46. The van der Waals surface area contributed by atoms with Gasteiger partial charge in [0.2, 0.25) is 5.88 Å². The molecule has 1 N–H and O–H groups in total. The molecule has 1 saturated heterocycles. The molecule has 0 amide bonds. The van der Waals surface area contributed by atoms with Crippen molar-refractivity contribution in [3.63, 3.8) is 0 Å². The number of nitrogens with zero attached hydrogens (tertiary/aromatic N) is 4. The summed E-state index contributed by atoms with van der Waals surface area (Å²) < 4.78 is 19.6. The monoisotopic (exact) mass is 499 g/mol. The molecule has 0 saturated carbocycles. The molecule has 2 heterocycles. The Balaban J connectivity index is 0.00000280. The molecule has 1 fully saturated rings. The Morgan fingerprint density at radius 3 is 2.61 bits per heavy atom. The van der Waals surface area contributed by atoms with Gasteiger partial charge in [0, 0.05) is 51.5 Å². The average Bonchev–Trinajstić information content (AvgIpc) is 2.71. The molecule has 2 aromatic rings. The molecule has 0 aliphatic carbocycles. The number of benzene rings is 1. The normalized spacial score (nSPS) is 14.5. The number of guanidine groups is 1. The van der Waals surface area contributed by atoms with Crippen LogP contribution in [0, 0.1) is 5.82 Å². The van der Waals surface area contributed by atoms with Crippen molar-refractivity contribution in [3.05, 3.63) is 54.0 Å². The molecular weight excluding hydrogens is 472 g/mol. The van der Waals surface area contributed by atoms with Crippen LogP contribution in [0.15, 0.2) is 47.6 Å². The third-order valence-corrected chi connectivity index (χ3v) is 4.55. The summed E-state index contributed by atoms with van der Waals surface area (Å²) in [5, 5.41) is 3.38. The van der Waals surface area contributed by atoms with Crippen LogP contribution in [0.25, 0.3) is 0 Å². The fraction of sp³-hybridized carbons (Fsp3) is 0.400. The Labute approximate surface area is 182 Å². The molecule has 6 nitrogen and oxygen atoms in total. The first-order valence-corrected chi connectivity index (χ1v) is 9.24. The number of piperazine rings is 1. The molecule has 1 aliphatic rings. The predicted molar refractivity (Wildman–Crippen MR) is 121 cm³/mol. The highest BCUT2D eigenvalue weighted by molar-refractivity contribution is 14.0. The van der Waals surface area contributed by atoms with Gasteiger partial charge in [-0.15, -0.1) is 24.0 Å². The molecule has 152 valence electrons. The summed E-state index contributed by atoms with van der Waals surface area (Å²) in [6, 6.07) is 10.8. The number of para-hydroxylation sites is 1. The third-order valence-electron chi connectivity index (χ3n) is 4.55. The van der Waals surface area contributed by atoms with Crippen molar-refractivity contribution in [2.75, 3.05) is 44.7 Å². The van der Waals surface area contributed by atoms with Gasteiger partial charge >= 0.3 is 0 Å². The van der Waals surface area contributed by atoms with Crippen LogP contribution in [0.3, 0.4) is 0 Å². The first-order valence-electron chi connectivity index (χ1n) is 9.24. The summed E-state index contributed by atoms with van der Waals surface area (Å²) >= 11 is 0. The van der Waals surface area contributed by atoms with Gasteiger partial charge in [-0.25, -0.2) is 9.37 Å². The highest BCUT2D eigenvalue weighted by atomic mass is 127. The maximum absolute atomic E-state index is 14.0. The molecule has 0 atom stereocenters. The van der Waals surface area contributed by atoms with Gasteiger partial charge in [-0.1, -0.05) is 18.2 Å². The zero-order valence-corrected chi connectivity index (χ0v) is 18.6. The van der Waals surface area contributed by atoms with E-state index < -0.39 is 0 Å². The number of hydrogen-bond acceptors (Lipinski definition) is 4. The van der Waals surface area contributed by atoms with Crippen LogP contribution in [0.5, 0.6) is 5.88 Å². The Morgan fingerprint density at radius 2 is 1.93 bits per heavy atom. The number of ether oxygens (including phenoxy) is 1. The smallest absolute Gasteiger partial charge is 0.218 e. The van der Waals surface area contributed by atoms with Crippen LogP contribution in [0.2, 0.25) is 0 Å². The van der Waals surface area contributed by atoms with E-state index in [0.29, 0.717) is 24.7 Å². The standard InChI is InChI=1S/C20H26FN5O.HI/c1-3-27-19-16(7-6-10-23-19)15-24-20(22-2)26-13-11-25(12-14-26)18-9-5-4-8-17(18)21;/h4-10H,3,11-15H2,1-2H3,(H,22,24);1H. The van der Waals surface area contributed by atoms with Gasteiger partial charge in [0.05, 0.1) is 12.3 Å². The van der Waals surface area contributed by atoms with Gasteiger partial charge in [-0.2, -0.15) is 0 Å². The Kier molecular flexibility index (Phi) is 8.75. The molecule has 0 spiro atoms. The second-order valence-electron chi connectivity index (χ2n) is 6.23. The van der Waals surface area contributed by atoms with Crippen molar-refractivity contribution < 1.29 is 9.13 Å². The summed E-state index contributed by atoms with van der Waals surface area (Å²) in [7, 11) is 1.78. The lowest BCUT2D eigenvalue weighted by atomic mass is 10.2. The first-order chi connectivity index (χ1) is 13.2. The zero-order chi connectivity index (χ0) is 19.1. The SMILES string of the molecule is CCOc1ncccc1CNC(=NC)N1CCN(c2ccccc2F)CC1.I. The van der Waals surface area contributed by atoms with Gasteiger partial charge in [-0.05, 0) is 25.1 Å². The summed E-state index contributed by atoms with van der Waals surface area (Å²) in [4.78, 5) is 12.9. The lowest BCUT2D eigenvalue weighted by Crippen LogP contribution is -2.52. The number of pyridine rings is 1. The summed E-state index contributed by atoms with van der Waals surface area (Å²) in [6.45, 7) is 6.16. The molecule has 0 radical (unpaired) electrons. The highest BCUT2D eigenvalue weighted by Crippen LogP contribution is 2.20. The largest absolute Gasteiger partial charge is 0.478 e. The maximum atomic E-state index is 14.0. The van der Waals surface area contributed by atoms with E-state index in [9.17, 15) is 4.39 Å². The fourth-order valence-corrected chi connectivity index (χ4v) is 3.20. The number of hydrogen-bond donors (Lipinski definition) is 1. The number of aromatic nitrogens is 1. The topological polar surface area (TPSA) is 53.0 Å². The van der Waals surface area contributed by atoms with Crippen LogP contribution in [0.4, 0.5) is 10.1 Å². The van der Waals surface area contributed by atoms with E-state index in [-0.39, 0.29) is 29.8 Å². The highest BCUT2D eigenvalue weighted by Gasteiger charge is 2.21. The van der Waals surface area contributed by atoms with Crippen LogP contribution in [0.1, 0.15) is 12.5 Å². The lowest BCUT2D eigenvalue weighted by molar-refractivity contribution is 0.322. The van der Waals surface area contributed by atoms with Crippen molar-refractivity contribution in [3.8, 4) is 5.88 Å². The number of nitrogens with one attached hydrogen (secondary N) is 1. The summed E-state index contributed by atoms with van der Waals surface area (Å²) in [5.41, 5.74) is 1.65. The minimum absolute atomic E-state index is 0. The van der Waals surface area contributed by atoms with Gasteiger partial charge in [0.1, 0.15) is 5.82 Å². The van der Waals surface area contributed by atoms with Crippen LogP contribution in [-0.2, 0) is 6.54 Å². The molecule has 8 heteroatoms. The van der Waals surface area contributed by atoms with E-state index in [0.717, 1.165) is 37.7 Å². The van der Waals surface area contributed by atoms with E-state index in [1.165, 1.54) is 6.07 Å². The zero-order valence-electron chi connectivity index (χ0n) is 16.3. The number of aliphatic imine (C=N–C) groups is 1. The van der Waals surface area contributed by atoms with Crippen LogP contribution < -0.4 is 15.0 Å². The van der Waals surface area contributed by atoms with Gasteiger partial charge in [-0.3, -0.25) is 4.99 Å². The summed E-state index contributed by atoms with van der Waals surface area (Å²) in [5.74, 6) is 1.30. The minimum atomic E-state index is -0.173. The average molecular weight is 499 g/mol. The minimum Gasteiger partial charge on any atom is -0.478 e. The first kappa shape index (κ1) is 22.2. The van der Waals surface area contributed by atoms with Crippen molar-refractivity contribution in [1.29, 1.82) is 0 Å². The van der Waals surface area contributed by atoms with E-state index in [4.69, 9.17) is 4.74 Å². The van der Waals surface area contributed by atoms with Crippen molar-refractivity contribution in [2.45, 2.75) is 13.5 Å². The Morgan fingerprint density at radius 1 is 1.18 bits per heavy atom. The molecule has 28 heavy (non-hydrogen) atoms. The number of rotatable bonds is 5. The van der Waals surface area contributed by atoms with Gasteiger partial charge < -0.3 is 19.9 Å². The predicted octanol–water partition coefficient (Wildman–Crippen LogP) is 3.14. The van der Waals surface area contributed by atoms with Gasteiger partial charge in [0.25, 0.3) is 0 Å². The second kappa shape index (κ2) is 11.0. The molecule has 0 bridgehead atoms. The number of anilines is 1. The molecule has 0 unspecified atom stereocenters. The van der Waals surface area contributed by atoms with Crippen molar-refractivity contribution >= 4 is 35.6 Å². The fourth-order valence-electron chi connectivity index (χ4n) is 3.20.